The number of carbonyl (C=O) groups is 3. The van der Waals surface area contributed by atoms with Crippen molar-refractivity contribution in [2.45, 2.75) is 18.9 Å². The second kappa shape index (κ2) is 11.8. The third-order valence-corrected chi connectivity index (χ3v) is 7.76. The van der Waals surface area contributed by atoms with Crippen LogP contribution in [0.5, 0.6) is 5.75 Å². The number of benzene rings is 2. The first-order valence-corrected chi connectivity index (χ1v) is 13.5. The van der Waals surface area contributed by atoms with Crippen LogP contribution in [0, 0.1) is 17.6 Å². The quantitative estimate of drug-likeness (QED) is 0.391. The smallest absolute Gasteiger partial charge is 0.291 e. The van der Waals surface area contributed by atoms with Gasteiger partial charge in [-0.25, -0.2) is 9.37 Å². The standard InChI is InChI=1S/C28H29ClF2N6O4/c1-36-21(19-5-6-22(41-2)24(31)23(19)30)13-33-25(36)27(39)34-16-3-4-18(20(29)11-16)26(38)35-17-8-10-37(14-17)28(40)15-7-9-32-12-15/h3-6,11,13,15,17,32H,7-10,12,14H2,1-2H3,(H,34,39)(H,35,38)/t15-,17?/m1/s1. The molecule has 2 aromatic carbocycles. The molecule has 0 spiro atoms. The topological polar surface area (TPSA) is 118 Å². The maximum absolute atomic E-state index is 14.6. The molecule has 216 valence electrons. The van der Waals surface area contributed by atoms with E-state index in [0.717, 1.165) is 13.0 Å². The number of hydrogen-bond donors (Lipinski definition) is 3. The summed E-state index contributed by atoms with van der Waals surface area (Å²) < 4.78 is 34.9. The zero-order chi connectivity index (χ0) is 29.3. The van der Waals surface area contributed by atoms with Crippen molar-refractivity contribution in [2.75, 3.05) is 38.6 Å². The lowest BCUT2D eigenvalue weighted by atomic mass is 10.1. The van der Waals surface area contributed by atoms with Crippen LogP contribution >= 0.6 is 11.6 Å². The fourth-order valence-corrected chi connectivity index (χ4v) is 5.45. The summed E-state index contributed by atoms with van der Waals surface area (Å²) in [7, 11) is 2.73. The molecule has 41 heavy (non-hydrogen) atoms. The Bertz CT molecular complexity index is 1510. The lowest BCUT2D eigenvalue weighted by molar-refractivity contribution is -0.133. The Labute approximate surface area is 240 Å². The molecule has 1 aromatic heterocycles. The Morgan fingerprint density at radius 3 is 2.63 bits per heavy atom. The van der Waals surface area contributed by atoms with E-state index in [1.54, 1.807) is 4.90 Å². The van der Waals surface area contributed by atoms with Gasteiger partial charge in [-0.05, 0) is 49.7 Å². The zero-order valence-corrected chi connectivity index (χ0v) is 23.2. The second-order valence-electron chi connectivity index (χ2n) is 10.1. The molecular formula is C28H29ClF2N6O4. The Hall–Kier alpha value is -4.03. The molecule has 5 rings (SSSR count). The number of amides is 3. The highest BCUT2D eigenvalue weighted by Crippen LogP contribution is 2.30. The summed E-state index contributed by atoms with van der Waals surface area (Å²) >= 11 is 6.38. The molecule has 3 N–H and O–H groups in total. The maximum atomic E-state index is 14.6. The van der Waals surface area contributed by atoms with Crippen molar-refractivity contribution in [3.63, 3.8) is 0 Å². The first-order chi connectivity index (χ1) is 19.7. The van der Waals surface area contributed by atoms with Gasteiger partial charge in [-0.15, -0.1) is 0 Å². The van der Waals surface area contributed by atoms with E-state index < -0.39 is 17.5 Å². The van der Waals surface area contributed by atoms with Crippen molar-refractivity contribution < 1.29 is 27.9 Å². The van der Waals surface area contributed by atoms with Gasteiger partial charge in [0.1, 0.15) is 0 Å². The van der Waals surface area contributed by atoms with Crippen LogP contribution in [-0.4, -0.2) is 71.5 Å². The predicted molar refractivity (Wildman–Crippen MR) is 148 cm³/mol. The van der Waals surface area contributed by atoms with Gasteiger partial charge in [0.05, 0.1) is 35.5 Å². The van der Waals surface area contributed by atoms with Crippen molar-refractivity contribution in [1.29, 1.82) is 0 Å². The van der Waals surface area contributed by atoms with E-state index in [2.05, 4.69) is 20.9 Å². The summed E-state index contributed by atoms with van der Waals surface area (Å²) in [4.78, 5) is 44.4. The average molecular weight is 587 g/mol. The van der Waals surface area contributed by atoms with Gasteiger partial charge in [0.2, 0.25) is 11.7 Å². The highest BCUT2D eigenvalue weighted by Gasteiger charge is 2.33. The van der Waals surface area contributed by atoms with Gasteiger partial charge in [0.15, 0.2) is 17.4 Å². The molecule has 2 atom stereocenters. The summed E-state index contributed by atoms with van der Waals surface area (Å²) in [5.41, 5.74) is 0.642. The maximum Gasteiger partial charge on any atom is 0.291 e. The number of methoxy groups -OCH3 is 1. The Kier molecular flexibility index (Phi) is 8.22. The third-order valence-electron chi connectivity index (χ3n) is 7.45. The number of hydrogen-bond acceptors (Lipinski definition) is 6. The van der Waals surface area contributed by atoms with Crippen LogP contribution in [0.2, 0.25) is 5.02 Å². The summed E-state index contributed by atoms with van der Waals surface area (Å²) in [6.45, 7) is 2.57. The molecule has 2 aliphatic heterocycles. The molecule has 3 heterocycles. The van der Waals surface area contributed by atoms with Crippen molar-refractivity contribution in [1.82, 2.24) is 25.1 Å². The van der Waals surface area contributed by atoms with E-state index in [0.29, 0.717) is 31.7 Å². The largest absolute Gasteiger partial charge is 0.494 e. The van der Waals surface area contributed by atoms with Gasteiger partial charge in [0.25, 0.3) is 11.8 Å². The van der Waals surface area contributed by atoms with Gasteiger partial charge < -0.3 is 30.2 Å². The summed E-state index contributed by atoms with van der Waals surface area (Å²) in [6.07, 6.45) is 2.75. The Balaban J connectivity index is 1.22. The molecule has 2 saturated heterocycles. The lowest BCUT2D eigenvalue weighted by Gasteiger charge is -2.20. The van der Waals surface area contributed by atoms with Crippen molar-refractivity contribution in [3.05, 3.63) is 64.6 Å². The summed E-state index contributed by atoms with van der Waals surface area (Å²) in [5.74, 6) is -3.44. The third kappa shape index (κ3) is 5.75. The number of carbonyl (C=O) groups excluding carboxylic acids is 3. The number of halogens is 3. The summed E-state index contributed by atoms with van der Waals surface area (Å²) in [5, 5.41) is 8.92. The number of nitrogens with one attached hydrogen (secondary N) is 3. The van der Waals surface area contributed by atoms with E-state index in [1.807, 2.05) is 0 Å². The molecule has 3 amide bonds. The van der Waals surface area contributed by atoms with E-state index in [9.17, 15) is 23.2 Å². The van der Waals surface area contributed by atoms with Crippen molar-refractivity contribution in [2.24, 2.45) is 13.0 Å². The molecule has 13 heteroatoms. The van der Waals surface area contributed by atoms with Crippen LogP contribution in [0.3, 0.4) is 0 Å². The molecule has 0 radical (unpaired) electrons. The van der Waals surface area contributed by atoms with Crippen molar-refractivity contribution >= 4 is 35.0 Å². The van der Waals surface area contributed by atoms with E-state index in [4.69, 9.17) is 16.3 Å². The van der Waals surface area contributed by atoms with Crippen LogP contribution in [0.15, 0.2) is 36.5 Å². The van der Waals surface area contributed by atoms with Crippen LogP contribution in [0.1, 0.15) is 33.8 Å². The number of rotatable bonds is 7. The number of anilines is 1. The molecule has 0 saturated carbocycles. The number of aromatic nitrogens is 2. The molecule has 10 nitrogen and oxygen atoms in total. The van der Waals surface area contributed by atoms with Crippen LogP contribution in [-0.2, 0) is 11.8 Å². The second-order valence-corrected chi connectivity index (χ2v) is 10.5. The minimum absolute atomic E-state index is 0.00869. The molecule has 2 fully saturated rings. The number of ether oxygens (including phenoxy) is 1. The number of likely N-dealkylation sites (tertiary alicyclic amines) is 1. The normalized spacial score (nSPS) is 18.4. The molecular weight excluding hydrogens is 558 g/mol. The lowest BCUT2D eigenvalue weighted by Crippen LogP contribution is -2.40. The Morgan fingerprint density at radius 2 is 1.93 bits per heavy atom. The molecule has 3 aromatic rings. The SMILES string of the molecule is COc1ccc(-c2cnc(C(=O)Nc3ccc(C(=O)NC4CCN(C(=O)[C@@H]5CCNC5)C4)c(Cl)c3)n2C)c(F)c1F. The predicted octanol–water partition coefficient (Wildman–Crippen LogP) is 3.22. The number of nitrogens with zero attached hydrogens (tertiary/aromatic N) is 3. The minimum atomic E-state index is -1.14. The molecule has 0 aliphatic carbocycles. The van der Waals surface area contributed by atoms with Gasteiger partial charge >= 0.3 is 0 Å². The zero-order valence-electron chi connectivity index (χ0n) is 22.5. The highest BCUT2D eigenvalue weighted by molar-refractivity contribution is 6.34. The fourth-order valence-electron chi connectivity index (χ4n) is 5.19. The van der Waals surface area contributed by atoms with Crippen molar-refractivity contribution in [3.8, 4) is 17.0 Å². The van der Waals surface area contributed by atoms with Gasteiger partial charge in [-0.2, -0.15) is 4.39 Å². The first kappa shape index (κ1) is 28.5. The van der Waals surface area contributed by atoms with Crippen LogP contribution in [0.25, 0.3) is 11.3 Å². The fraction of sp³-hybridized carbons (Fsp3) is 0.357. The monoisotopic (exact) mass is 586 g/mol. The van der Waals surface area contributed by atoms with Gasteiger partial charge in [-0.1, -0.05) is 11.6 Å². The van der Waals surface area contributed by atoms with Crippen LogP contribution < -0.4 is 20.7 Å². The van der Waals surface area contributed by atoms with Gasteiger partial charge in [0, 0.05) is 44.0 Å². The molecule has 0 bridgehead atoms. The summed E-state index contributed by atoms with van der Waals surface area (Å²) in [6, 6.07) is 6.91. The first-order valence-electron chi connectivity index (χ1n) is 13.1. The Morgan fingerprint density at radius 1 is 1.12 bits per heavy atom. The highest BCUT2D eigenvalue weighted by atomic mass is 35.5. The van der Waals surface area contributed by atoms with E-state index in [1.165, 1.54) is 55.3 Å². The van der Waals surface area contributed by atoms with Crippen LogP contribution in [0.4, 0.5) is 14.5 Å². The van der Waals surface area contributed by atoms with E-state index >= 15 is 0 Å². The van der Waals surface area contributed by atoms with Gasteiger partial charge in [-0.3, -0.25) is 14.4 Å². The van der Waals surface area contributed by atoms with E-state index in [-0.39, 0.29) is 57.2 Å². The number of imidazole rings is 1. The minimum Gasteiger partial charge on any atom is -0.494 e. The molecule has 1 unspecified atom stereocenters. The molecule has 2 aliphatic rings. The average Bonchev–Trinajstić information content (AvgIpc) is 3.72.